The zero-order chi connectivity index (χ0) is 15.8. The zero-order valence-electron chi connectivity index (χ0n) is 13.9. The summed E-state index contributed by atoms with van der Waals surface area (Å²) in [6.07, 6.45) is 7.58. The lowest BCUT2D eigenvalue weighted by atomic mass is 10.0. The van der Waals surface area contributed by atoms with Crippen LogP contribution in [0.3, 0.4) is 0 Å². The minimum Gasteiger partial charge on any atom is -0.355 e. The van der Waals surface area contributed by atoms with Crippen molar-refractivity contribution in [3.8, 4) is 11.4 Å². The van der Waals surface area contributed by atoms with Gasteiger partial charge in [0.05, 0.1) is 5.69 Å². The Bertz CT molecular complexity index is 701. The van der Waals surface area contributed by atoms with Gasteiger partial charge in [0.1, 0.15) is 5.69 Å². The lowest BCUT2D eigenvalue weighted by Crippen LogP contribution is -2.42. The van der Waals surface area contributed by atoms with Crippen LogP contribution in [0, 0.1) is 0 Å². The highest BCUT2D eigenvalue weighted by molar-refractivity contribution is 5.66. The molecule has 4 rings (SSSR count). The predicted molar refractivity (Wildman–Crippen MR) is 90.6 cm³/mol. The molecule has 6 heteroatoms. The van der Waals surface area contributed by atoms with E-state index in [-0.39, 0.29) is 0 Å². The molecule has 0 saturated carbocycles. The zero-order valence-corrected chi connectivity index (χ0v) is 13.9. The van der Waals surface area contributed by atoms with Crippen LogP contribution in [0.4, 0.5) is 5.82 Å². The summed E-state index contributed by atoms with van der Waals surface area (Å²) in [6.45, 7) is 2.19. The van der Waals surface area contributed by atoms with Crippen molar-refractivity contribution in [1.29, 1.82) is 0 Å². The topological polar surface area (TPSA) is 58.9 Å². The average molecular weight is 312 g/mol. The summed E-state index contributed by atoms with van der Waals surface area (Å²) in [5, 5.41) is 17.0. The number of piperidine rings is 1. The Kier molecular flexibility index (Phi) is 3.77. The third kappa shape index (κ3) is 2.51. The van der Waals surface area contributed by atoms with Crippen molar-refractivity contribution in [3.05, 3.63) is 23.4 Å². The maximum atomic E-state index is 4.64. The Morgan fingerprint density at radius 2 is 1.96 bits per heavy atom. The fourth-order valence-corrected chi connectivity index (χ4v) is 3.93. The van der Waals surface area contributed by atoms with Gasteiger partial charge < -0.3 is 10.2 Å². The van der Waals surface area contributed by atoms with Crippen molar-refractivity contribution in [3.63, 3.8) is 0 Å². The SMILES string of the molecule is CN(c1nnc(-c2ccnn2C)c2c1CCC2)C1CCNCC1. The first kappa shape index (κ1) is 14.6. The highest BCUT2D eigenvalue weighted by Gasteiger charge is 2.27. The molecule has 1 aliphatic heterocycles. The summed E-state index contributed by atoms with van der Waals surface area (Å²) >= 11 is 0. The van der Waals surface area contributed by atoms with Gasteiger partial charge in [-0.15, -0.1) is 10.2 Å². The summed E-state index contributed by atoms with van der Waals surface area (Å²) in [7, 11) is 4.15. The molecule has 1 fully saturated rings. The van der Waals surface area contributed by atoms with E-state index in [1.54, 1.807) is 0 Å². The number of anilines is 1. The van der Waals surface area contributed by atoms with Crippen molar-refractivity contribution >= 4 is 5.82 Å². The van der Waals surface area contributed by atoms with E-state index in [0.29, 0.717) is 6.04 Å². The van der Waals surface area contributed by atoms with Crippen LogP contribution >= 0.6 is 0 Å². The van der Waals surface area contributed by atoms with E-state index in [2.05, 4.69) is 32.6 Å². The molecule has 0 unspecified atom stereocenters. The molecule has 2 aromatic rings. The number of hydrogen-bond acceptors (Lipinski definition) is 5. The highest BCUT2D eigenvalue weighted by Crippen LogP contribution is 2.35. The Morgan fingerprint density at radius 3 is 2.70 bits per heavy atom. The second-order valence-electron chi connectivity index (χ2n) is 6.62. The lowest BCUT2D eigenvalue weighted by molar-refractivity contribution is 0.440. The van der Waals surface area contributed by atoms with Gasteiger partial charge in [-0.1, -0.05) is 0 Å². The van der Waals surface area contributed by atoms with Crippen molar-refractivity contribution < 1.29 is 0 Å². The van der Waals surface area contributed by atoms with Crippen LogP contribution in [-0.2, 0) is 19.9 Å². The number of nitrogens with one attached hydrogen (secondary N) is 1. The minimum atomic E-state index is 0.567. The molecule has 6 nitrogen and oxygen atoms in total. The van der Waals surface area contributed by atoms with Gasteiger partial charge in [0, 0.05) is 31.9 Å². The molecule has 23 heavy (non-hydrogen) atoms. The second kappa shape index (κ2) is 5.92. The van der Waals surface area contributed by atoms with E-state index in [9.17, 15) is 0 Å². The van der Waals surface area contributed by atoms with Gasteiger partial charge in [-0.3, -0.25) is 4.68 Å². The maximum absolute atomic E-state index is 4.64. The van der Waals surface area contributed by atoms with Crippen molar-refractivity contribution in [2.24, 2.45) is 7.05 Å². The first-order valence-electron chi connectivity index (χ1n) is 8.56. The van der Waals surface area contributed by atoms with Gasteiger partial charge in [0.2, 0.25) is 0 Å². The predicted octanol–water partition coefficient (Wildman–Crippen LogP) is 1.55. The average Bonchev–Trinajstić information content (AvgIpc) is 3.23. The number of aryl methyl sites for hydroxylation is 1. The Balaban J connectivity index is 1.73. The van der Waals surface area contributed by atoms with Gasteiger partial charge in [-0.05, 0) is 56.8 Å². The molecule has 1 aliphatic carbocycles. The second-order valence-corrected chi connectivity index (χ2v) is 6.62. The highest BCUT2D eigenvalue weighted by atomic mass is 15.3. The molecule has 0 atom stereocenters. The van der Waals surface area contributed by atoms with E-state index in [4.69, 9.17) is 0 Å². The van der Waals surface area contributed by atoms with Crippen LogP contribution in [0.2, 0.25) is 0 Å². The molecule has 0 spiro atoms. The van der Waals surface area contributed by atoms with Crippen molar-refractivity contribution in [2.45, 2.75) is 38.1 Å². The van der Waals surface area contributed by atoms with Crippen LogP contribution in [0.1, 0.15) is 30.4 Å². The summed E-state index contributed by atoms with van der Waals surface area (Å²) in [5.41, 5.74) is 4.85. The summed E-state index contributed by atoms with van der Waals surface area (Å²) in [5.74, 6) is 1.09. The summed E-state index contributed by atoms with van der Waals surface area (Å²) < 4.78 is 1.89. The molecular weight excluding hydrogens is 288 g/mol. The minimum absolute atomic E-state index is 0.567. The molecule has 0 amide bonds. The Labute approximate surface area is 136 Å². The molecule has 0 aromatic carbocycles. The van der Waals surface area contributed by atoms with E-state index >= 15 is 0 Å². The molecular formula is C17H24N6. The van der Waals surface area contributed by atoms with Crippen LogP contribution in [0.5, 0.6) is 0 Å². The number of hydrogen-bond donors (Lipinski definition) is 1. The smallest absolute Gasteiger partial charge is 0.154 e. The van der Waals surface area contributed by atoms with Crippen LogP contribution in [0.15, 0.2) is 12.3 Å². The molecule has 3 heterocycles. The molecule has 1 saturated heterocycles. The third-order valence-corrected chi connectivity index (χ3v) is 5.27. The normalized spacial score (nSPS) is 18.2. The Hall–Kier alpha value is -1.95. The monoisotopic (exact) mass is 312 g/mol. The Morgan fingerprint density at radius 1 is 1.17 bits per heavy atom. The number of rotatable bonds is 3. The standard InChI is InChI=1S/C17H24N6/c1-22(12-6-9-18-10-7-12)17-14-5-3-4-13(14)16(20-21-17)15-8-11-19-23(15)2/h8,11-12,18H,3-7,9-10H2,1-2H3. The van der Waals surface area contributed by atoms with Gasteiger partial charge >= 0.3 is 0 Å². The third-order valence-electron chi connectivity index (χ3n) is 5.27. The van der Waals surface area contributed by atoms with Crippen LogP contribution < -0.4 is 10.2 Å². The van der Waals surface area contributed by atoms with Gasteiger partial charge in [-0.2, -0.15) is 5.10 Å². The molecule has 122 valence electrons. The quantitative estimate of drug-likeness (QED) is 0.932. The molecule has 2 aromatic heterocycles. The van der Waals surface area contributed by atoms with Gasteiger partial charge in [0.15, 0.2) is 5.82 Å². The van der Waals surface area contributed by atoms with Crippen molar-refractivity contribution in [2.75, 3.05) is 25.0 Å². The van der Waals surface area contributed by atoms with Crippen LogP contribution in [0.25, 0.3) is 11.4 Å². The number of aromatic nitrogens is 4. The molecule has 0 bridgehead atoms. The fourth-order valence-electron chi connectivity index (χ4n) is 3.93. The fraction of sp³-hybridized carbons (Fsp3) is 0.588. The van der Waals surface area contributed by atoms with Gasteiger partial charge in [0.25, 0.3) is 0 Å². The lowest BCUT2D eigenvalue weighted by Gasteiger charge is -2.33. The molecule has 1 N–H and O–H groups in total. The maximum Gasteiger partial charge on any atom is 0.154 e. The van der Waals surface area contributed by atoms with E-state index < -0.39 is 0 Å². The van der Waals surface area contributed by atoms with Gasteiger partial charge in [-0.25, -0.2) is 0 Å². The molecule has 2 aliphatic rings. The summed E-state index contributed by atoms with van der Waals surface area (Å²) in [6, 6.07) is 2.59. The first-order chi connectivity index (χ1) is 11.3. The number of fused-ring (bicyclic) bond motifs is 1. The molecule has 0 radical (unpaired) electrons. The van der Waals surface area contributed by atoms with Crippen molar-refractivity contribution in [1.82, 2.24) is 25.3 Å². The first-order valence-corrected chi connectivity index (χ1v) is 8.56. The van der Waals surface area contributed by atoms with E-state index in [1.807, 2.05) is 24.0 Å². The largest absolute Gasteiger partial charge is 0.355 e. The van der Waals surface area contributed by atoms with Crippen LogP contribution in [-0.4, -0.2) is 46.2 Å². The summed E-state index contributed by atoms with van der Waals surface area (Å²) in [4.78, 5) is 2.37. The number of nitrogens with zero attached hydrogens (tertiary/aromatic N) is 5. The van der Waals surface area contributed by atoms with E-state index in [1.165, 1.54) is 30.4 Å². The van der Waals surface area contributed by atoms with E-state index in [0.717, 1.165) is 43.1 Å².